The molecule has 0 aliphatic carbocycles. The number of likely N-dealkylation sites (N-methyl/N-ethyl adjacent to an activating group) is 1. The molecule has 0 fully saturated rings. The first-order valence-electron chi connectivity index (χ1n) is 11.6. The van der Waals surface area contributed by atoms with Crippen molar-refractivity contribution in [1.29, 1.82) is 0 Å². The highest BCUT2D eigenvalue weighted by Crippen LogP contribution is 2.32. The van der Waals surface area contributed by atoms with Gasteiger partial charge in [-0.15, -0.1) is 11.8 Å². The number of benzene rings is 2. The van der Waals surface area contributed by atoms with E-state index in [-0.39, 0.29) is 5.91 Å². The number of thiazole rings is 1. The van der Waals surface area contributed by atoms with Crippen LogP contribution in [0.4, 0.5) is 5.13 Å². The first kappa shape index (κ1) is 25.5. The molecule has 1 amide bonds. The summed E-state index contributed by atoms with van der Waals surface area (Å²) in [6.07, 6.45) is 1.36. The van der Waals surface area contributed by atoms with Crippen molar-refractivity contribution >= 4 is 44.4 Å². The SMILES string of the molecule is CCN(CC)CCN(C(=O)CCCSc1ccc(OC)cc1)c1nc2cc(C)cc(C)c2s1. The number of aryl methyl sites for hydroxylation is 2. The van der Waals surface area contributed by atoms with E-state index in [1.807, 2.05) is 17.0 Å². The average Bonchev–Trinajstić information content (AvgIpc) is 3.24. The van der Waals surface area contributed by atoms with Crippen LogP contribution in [0, 0.1) is 13.8 Å². The summed E-state index contributed by atoms with van der Waals surface area (Å²) in [7, 11) is 1.67. The second kappa shape index (κ2) is 12.4. The molecule has 1 aromatic heterocycles. The predicted molar refractivity (Wildman–Crippen MR) is 142 cm³/mol. The lowest BCUT2D eigenvalue weighted by Crippen LogP contribution is -2.38. The Morgan fingerprint density at radius 2 is 1.82 bits per heavy atom. The Morgan fingerprint density at radius 1 is 1.09 bits per heavy atom. The molecule has 0 aliphatic heterocycles. The molecule has 0 saturated carbocycles. The maximum absolute atomic E-state index is 13.3. The van der Waals surface area contributed by atoms with E-state index in [2.05, 4.69) is 56.9 Å². The van der Waals surface area contributed by atoms with E-state index in [1.165, 1.54) is 20.7 Å². The number of nitrogens with zero attached hydrogens (tertiary/aromatic N) is 3. The highest BCUT2D eigenvalue weighted by Gasteiger charge is 2.21. The summed E-state index contributed by atoms with van der Waals surface area (Å²) in [6, 6.07) is 12.4. The highest BCUT2D eigenvalue weighted by atomic mass is 32.2. The number of hydrogen-bond donors (Lipinski definition) is 0. The number of carbonyl (C=O) groups is 1. The Hall–Kier alpha value is -2.09. The zero-order valence-corrected chi connectivity index (χ0v) is 22.0. The van der Waals surface area contributed by atoms with Crippen molar-refractivity contribution < 1.29 is 9.53 Å². The number of fused-ring (bicyclic) bond motifs is 1. The van der Waals surface area contributed by atoms with E-state index in [4.69, 9.17) is 9.72 Å². The third-order valence-corrected chi connectivity index (χ3v) is 8.07. The minimum Gasteiger partial charge on any atom is -0.497 e. The van der Waals surface area contributed by atoms with E-state index in [0.29, 0.717) is 13.0 Å². The largest absolute Gasteiger partial charge is 0.497 e. The van der Waals surface area contributed by atoms with Gasteiger partial charge < -0.3 is 9.64 Å². The van der Waals surface area contributed by atoms with Crippen molar-refractivity contribution in [2.45, 2.75) is 45.4 Å². The fraction of sp³-hybridized carbons (Fsp3) is 0.462. The molecule has 0 N–H and O–H groups in total. The Morgan fingerprint density at radius 3 is 2.48 bits per heavy atom. The van der Waals surface area contributed by atoms with Crippen LogP contribution in [0.25, 0.3) is 10.2 Å². The summed E-state index contributed by atoms with van der Waals surface area (Å²) < 4.78 is 6.39. The van der Waals surface area contributed by atoms with Gasteiger partial charge >= 0.3 is 0 Å². The smallest absolute Gasteiger partial charge is 0.228 e. The minimum atomic E-state index is 0.158. The van der Waals surface area contributed by atoms with E-state index in [1.54, 1.807) is 30.2 Å². The third-order valence-electron chi connectivity index (χ3n) is 5.74. The number of amides is 1. The lowest BCUT2D eigenvalue weighted by atomic mass is 10.1. The molecule has 33 heavy (non-hydrogen) atoms. The fourth-order valence-electron chi connectivity index (χ4n) is 3.81. The fourth-order valence-corrected chi connectivity index (χ4v) is 5.72. The molecule has 0 spiro atoms. The molecule has 3 aromatic rings. The molecule has 7 heteroatoms. The van der Waals surface area contributed by atoms with E-state index in [9.17, 15) is 4.79 Å². The molecule has 3 rings (SSSR count). The molecule has 178 valence electrons. The van der Waals surface area contributed by atoms with Gasteiger partial charge in [-0.05, 0) is 80.6 Å². The van der Waals surface area contributed by atoms with Crippen LogP contribution in [-0.4, -0.2) is 54.8 Å². The van der Waals surface area contributed by atoms with Crippen molar-refractivity contribution in [1.82, 2.24) is 9.88 Å². The average molecular weight is 486 g/mol. The van der Waals surface area contributed by atoms with Gasteiger partial charge in [-0.3, -0.25) is 9.69 Å². The Labute approximate surface area is 206 Å². The van der Waals surface area contributed by atoms with Crippen LogP contribution in [0.2, 0.25) is 0 Å². The van der Waals surface area contributed by atoms with Crippen LogP contribution in [0.5, 0.6) is 5.75 Å². The van der Waals surface area contributed by atoms with Crippen LogP contribution in [0.3, 0.4) is 0 Å². The van der Waals surface area contributed by atoms with Gasteiger partial charge in [0.2, 0.25) is 5.91 Å². The summed E-state index contributed by atoms with van der Waals surface area (Å²) in [5.41, 5.74) is 3.41. The van der Waals surface area contributed by atoms with Crippen molar-refractivity contribution in [3.05, 3.63) is 47.5 Å². The van der Waals surface area contributed by atoms with Crippen LogP contribution in [0.15, 0.2) is 41.3 Å². The molecular weight excluding hydrogens is 450 g/mol. The Kier molecular flexibility index (Phi) is 9.59. The lowest BCUT2D eigenvalue weighted by Gasteiger charge is -2.24. The van der Waals surface area contributed by atoms with Gasteiger partial charge in [0.05, 0.1) is 17.3 Å². The number of hydrogen-bond acceptors (Lipinski definition) is 6. The van der Waals surface area contributed by atoms with Gasteiger partial charge in [0.15, 0.2) is 5.13 Å². The second-order valence-electron chi connectivity index (χ2n) is 8.13. The van der Waals surface area contributed by atoms with E-state index in [0.717, 1.165) is 48.2 Å². The van der Waals surface area contributed by atoms with Crippen molar-refractivity contribution in [2.75, 3.05) is 43.9 Å². The number of thioether (sulfide) groups is 1. The highest BCUT2D eigenvalue weighted by molar-refractivity contribution is 7.99. The van der Waals surface area contributed by atoms with Gasteiger partial charge in [-0.2, -0.15) is 0 Å². The molecule has 0 radical (unpaired) electrons. The van der Waals surface area contributed by atoms with Gasteiger partial charge in [-0.25, -0.2) is 4.98 Å². The van der Waals surface area contributed by atoms with Crippen LogP contribution >= 0.6 is 23.1 Å². The molecule has 0 bridgehead atoms. The van der Waals surface area contributed by atoms with E-state index >= 15 is 0 Å². The molecule has 5 nitrogen and oxygen atoms in total. The quantitative estimate of drug-likeness (QED) is 0.227. The van der Waals surface area contributed by atoms with Crippen molar-refractivity contribution in [3.63, 3.8) is 0 Å². The first-order valence-corrected chi connectivity index (χ1v) is 13.4. The first-order chi connectivity index (χ1) is 15.9. The standard InChI is InChI=1S/C26H35N3O2S2/c1-6-28(7-2)14-15-29(26-27-23-18-19(3)17-20(4)25(23)33-26)24(30)9-8-16-32-22-12-10-21(31-5)11-13-22/h10-13,17-18H,6-9,14-16H2,1-5H3. The number of ether oxygens (including phenoxy) is 1. The van der Waals surface area contributed by atoms with Gasteiger partial charge in [0, 0.05) is 24.4 Å². The number of methoxy groups -OCH3 is 1. The van der Waals surface area contributed by atoms with Crippen LogP contribution in [0.1, 0.15) is 37.8 Å². The Bertz CT molecular complexity index is 1050. The molecule has 0 saturated heterocycles. The molecule has 0 atom stereocenters. The van der Waals surface area contributed by atoms with Crippen molar-refractivity contribution in [3.8, 4) is 5.75 Å². The van der Waals surface area contributed by atoms with Crippen LogP contribution < -0.4 is 9.64 Å². The summed E-state index contributed by atoms with van der Waals surface area (Å²) >= 11 is 3.41. The lowest BCUT2D eigenvalue weighted by molar-refractivity contribution is -0.118. The summed E-state index contributed by atoms with van der Waals surface area (Å²) in [6.45, 7) is 12.0. The van der Waals surface area contributed by atoms with E-state index < -0.39 is 0 Å². The molecule has 2 aromatic carbocycles. The molecule has 0 unspecified atom stereocenters. The monoisotopic (exact) mass is 485 g/mol. The van der Waals surface area contributed by atoms with Crippen LogP contribution in [-0.2, 0) is 4.79 Å². The zero-order valence-electron chi connectivity index (χ0n) is 20.4. The van der Waals surface area contributed by atoms with Gasteiger partial charge in [-0.1, -0.05) is 31.3 Å². The maximum Gasteiger partial charge on any atom is 0.228 e. The summed E-state index contributed by atoms with van der Waals surface area (Å²) in [5.74, 6) is 1.92. The summed E-state index contributed by atoms with van der Waals surface area (Å²) in [4.78, 5) is 23.6. The maximum atomic E-state index is 13.3. The number of aromatic nitrogens is 1. The Balaban J connectivity index is 1.67. The predicted octanol–water partition coefficient (Wildman–Crippen LogP) is 6.17. The zero-order chi connectivity index (χ0) is 23.8. The molecule has 1 heterocycles. The van der Waals surface area contributed by atoms with Gasteiger partial charge in [0.25, 0.3) is 0 Å². The normalized spacial score (nSPS) is 11.3. The topological polar surface area (TPSA) is 45.7 Å². The summed E-state index contributed by atoms with van der Waals surface area (Å²) in [5, 5.41) is 0.818. The molecule has 0 aliphatic rings. The number of carbonyl (C=O) groups excluding carboxylic acids is 1. The van der Waals surface area contributed by atoms with Crippen molar-refractivity contribution in [2.24, 2.45) is 0 Å². The van der Waals surface area contributed by atoms with Gasteiger partial charge in [0.1, 0.15) is 5.75 Å². The second-order valence-corrected chi connectivity index (χ2v) is 10.3. The number of rotatable bonds is 12. The molecular formula is C26H35N3O2S2. The number of anilines is 1. The third kappa shape index (κ3) is 6.95. The minimum absolute atomic E-state index is 0.158.